The maximum absolute atomic E-state index is 11.6. The Balaban J connectivity index is 2.24. The maximum atomic E-state index is 11.6. The van der Waals surface area contributed by atoms with Gasteiger partial charge in [-0.3, -0.25) is 9.59 Å². The van der Waals surface area contributed by atoms with Crippen LogP contribution in [0.25, 0.3) is 0 Å². The van der Waals surface area contributed by atoms with E-state index in [1.807, 2.05) is 32.0 Å². The third kappa shape index (κ3) is 6.29. The van der Waals surface area contributed by atoms with E-state index in [-0.39, 0.29) is 18.4 Å². The number of carbonyl (C=O) groups excluding carboxylic acids is 1. The summed E-state index contributed by atoms with van der Waals surface area (Å²) in [7, 11) is 0. The summed E-state index contributed by atoms with van der Waals surface area (Å²) in [6.45, 7) is 6.04. The first-order chi connectivity index (χ1) is 9.90. The normalized spacial score (nSPS) is 11.8. The third-order valence-electron chi connectivity index (χ3n) is 3.25. The van der Waals surface area contributed by atoms with E-state index in [4.69, 9.17) is 9.84 Å². The standard InChI is InChI=1S/C16H23NO4/c1-11-6-7-14(13(3)9-11)21-10-15(18)17-8-4-5-12(2)16(19)20/h6-7,9,12H,4-5,8,10H2,1-3H3,(H,17,18)(H,19,20). The molecule has 1 aromatic rings. The first kappa shape index (κ1) is 17.0. The summed E-state index contributed by atoms with van der Waals surface area (Å²) in [6, 6.07) is 5.79. The van der Waals surface area contributed by atoms with Gasteiger partial charge >= 0.3 is 5.97 Å². The predicted molar refractivity (Wildman–Crippen MR) is 80.5 cm³/mol. The highest BCUT2D eigenvalue weighted by atomic mass is 16.5. The van der Waals surface area contributed by atoms with Crippen LogP contribution in [0.4, 0.5) is 0 Å². The Morgan fingerprint density at radius 3 is 2.67 bits per heavy atom. The number of amides is 1. The lowest BCUT2D eigenvalue weighted by Gasteiger charge is -2.10. The summed E-state index contributed by atoms with van der Waals surface area (Å²) in [5, 5.41) is 11.5. The van der Waals surface area contributed by atoms with Gasteiger partial charge in [-0.05, 0) is 38.3 Å². The first-order valence-corrected chi connectivity index (χ1v) is 7.09. The molecule has 0 fully saturated rings. The summed E-state index contributed by atoms with van der Waals surface area (Å²) in [4.78, 5) is 22.3. The summed E-state index contributed by atoms with van der Waals surface area (Å²) in [5.74, 6) is -0.680. The molecule has 0 saturated carbocycles. The van der Waals surface area contributed by atoms with Gasteiger partial charge in [0.05, 0.1) is 5.92 Å². The zero-order chi connectivity index (χ0) is 15.8. The predicted octanol–water partition coefficient (Wildman–Crippen LogP) is 2.30. The van der Waals surface area contributed by atoms with Gasteiger partial charge in [-0.2, -0.15) is 0 Å². The van der Waals surface area contributed by atoms with Gasteiger partial charge in [0.1, 0.15) is 5.75 Å². The molecule has 0 aliphatic carbocycles. The van der Waals surface area contributed by atoms with Crippen molar-refractivity contribution in [3.63, 3.8) is 0 Å². The molecule has 2 N–H and O–H groups in total. The Morgan fingerprint density at radius 1 is 1.33 bits per heavy atom. The number of hydrogen-bond donors (Lipinski definition) is 2. The van der Waals surface area contributed by atoms with Gasteiger partial charge in [-0.1, -0.05) is 24.6 Å². The quantitative estimate of drug-likeness (QED) is 0.721. The fraction of sp³-hybridized carbons (Fsp3) is 0.500. The van der Waals surface area contributed by atoms with E-state index >= 15 is 0 Å². The summed E-state index contributed by atoms with van der Waals surface area (Å²) in [6.07, 6.45) is 1.19. The van der Waals surface area contributed by atoms with Crippen LogP contribution in [0.3, 0.4) is 0 Å². The zero-order valence-corrected chi connectivity index (χ0v) is 12.8. The summed E-state index contributed by atoms with van der Waals surface area (Å²) < 4.78 is 5.46. The van der Waals surface area contributed by atoms with Crippen LogP contribution >= 0.6 is 0 Å². The molecule has 21 heavy (non-hydrogen) atoms. The molecule has 0 aromatic heterocycles. The lowest BCUT2D eigenvalue weighted by atomic mass is 10.1. The van der Waals surface area contributed by atoms with E-state index in [2.05, 4.69) is 5.32 Å². The number of carboxylic acid groups (broad SMARTS) is 1. The Bertz CT molecular complexity index is 499. The van der Waals surface area contributed by atoms with E-state index < -0.39 is 5.97 Å². The third-order valence-corrected chi connectivity index (χ3v) is 3.25. The van der Waals surface area contributed by atoms with Crippen molar-refractivity contribution < 1.29 is 19.4 Å². The molecule has 0 radical (unpaired) electrons. The van der Waals surface area contributed by atoms with Crippen LogP contribution in [0.5, 0.6) is 5.75 Å². The lowest BCUT2D eigenvalue weighted by molar-refractivity contribution is -0.141. The van der Waals surface area contributed by atoms with Gasteiger partial charge in [0.2, 0.25) is 0 Å². The highest BCUT2D eigenvalue weighted by Gasteiger charge is 2.10. The lowest BCUT2D eigenvalue weighted by Crippen LogP contribution is -2.30. The number of aliphatic carboxylic acids is 1. The van der Waals surface area contributed by atoms with E-state index in [1.165, 1.54) is 0 Å². The van der Waals surface area contributed by atoms with Gasteiger partial charge in [0, 0.05) is 6.54 Å². The molecule has 0 spiro atoms. The zero-order valence-electron chi connectivity index (χ0n) is 12.8. The number of aryl methyl sites for hydroxylation is 2. The van der Waals surface area contributed by atoms with Crippen LogP contribution in [-0.2, 0) is 9.59 Å². The van der Waals surface area contributed by atoms with Crippen molar-refractivity contribution in [3.05, 3.63) is 29.3 Å². The molecular formula is C16H23NO4. The first-order valence-electron chi connectivity index (χ1n) is 7.09. The van der Waals surface area contributed by atoms with Crippen molar-refractivity contribution in [2.75, 3.05) is 13.2 Å². The van der Waals surface area contributed by atoms with Gasteiger partial charge in [-0.25, -0.2) is 0 Å². The molecule has 1 unspecified atom stereocenters. The topological polar surface area (TPSA) is 75.6 Å². The van der Waals surface area contributed by atoms with Crippen molar-refractivity contribution in [1.82, 2.24) is 5.32 Å². The van der Waals surface area contributed by atoms with E-state index in [1.54, 1.807) is 6.92 Å². The number of carboxylic acids is 1. The van der Waals surface area contributed by atoms with Crippen LogP contribution in [-0.4, -0.2) is 30.1 Å². The monoisotopic (exact) mass is 293 g/mol. The molecule has 116 valence electrons. The maximum Gasteiger partial charge on any atom is 0.306 e. The van der Waals surface area contributed by atoms with Crippen molar-refractivity contribution in [1.29, 1.82) is 0 Å². The highest BCUT2D eigenvalue weighted by Crippen LogP contribution is 2.18. The van der Waals surface area contributed by atoms with E-state index in [0.717, 1.165) is 11.1 Å². The second-order valence-electron chi connectivity index (χ2n) is 5.29. The molecular weight excluding hydrogens is 270 g/mol. The van der Waals surface area contributed by atoms with Crippen molar-refractivity contribution >= 4 is 11.9 Å². The SMILES string of the molecule is Cc1ccc(OCC(=O)NCCCC(C)C(=O)O)c(C)c1. The Labute approximate surface area is 125 Å². The average molecular weight is 293 g/mol. The minimum Gasteiger partial charge on any atom is -0.484 e. The molecule has 5 nitrogen and oxygen atoms in total. The number of ether oxygens (including phenoxy) is 1. The second-order valence-corrected chi connectivity index (χ2v) is 5.29. The molecule has 1 aromatic carbocycles. The van der Waals surface area contributed by atoms with Crippen LogP contribution in [0.15, 0.2) is 18.2 Å². The minimum atomic E-state index is -0.806. The molecule has 0 aliphatic rings. The molecule has 0 aliphatic heterocycles. The molecule has 1 amide bonds. The molecule has 0 bridgehead atoms. The van der Waals surface area contributed by atoms with Gasteiger partial charge in [-0.15, -0.1) is 0 Å². The average Bonchev–Trinajstić information content (AvgIpc) is 2.42. The second kappa shape index (κ2) is 8.29. The summed E-state index contributed by atoms with van der Waals surface area (Å²) in [5.41, 5.74) is 2.15. The van der Waals surface area contributed by atoms with Crippen LogP contribution < -0.4 is 10.1 Å². The highest BCUT2D eigenvalue weighted by molar-refractivity contribution is 5.77. The number of nitrogens with one attached hydrogen (secondary N) is 1. The van der Waals surface area contributed by atoms with Crippen LogP contribution in [0.1, 0.15) is 30.9 Å². The molecule has 0 saturated heterocycles. The smallest absolute Gasteiger partial charge is 0.306 e. The van der Waals surface area contributed by atoms with E-state index in [0.29, 0.717) is 25.1 Å². The molecule has 1 atom stereocenters. The van der Waals surface area contributed by atoms with E-state index in [9.17, 15) is 9.59 Å². The number of benzene rings is 1. The fourth-order valence-corrected chi connectivity index (χ4v) is 1.92. The van der Waals surface area contributed by atoms with Gasteiger partial charge < -0.3 is 15.2 Å². The number of carbonyl (C=O) groups is 2. The molecule has 1 rings (SSSR count). The molecule has 5 heteroatoms. The van der Waals surface area contributed by atoms with Gasteiger partial charge in [0.15, 0.2) is 6.61 Å². The summed E-state index contributed by atoms with van der Waals surface area (Å²) >= 11 is 0. The molecule has 0 heterocycles. The van der Waals surface area contributed by atoms with Crippen molar-refractivity contribution in [3.8, 4) is 5.75 Å². The Kier molecular flexibility index (Phi) is 6.72. The van der Waals surface area contributed by atoms with Crippen LogP contribution in [0.2, 0.25) is 0 Å². The largest absolute Gasteiger partial charge is 0.484 e. The Hall–Kier alpha value is -2.04. The number of rotatable bonds is 8. The minimum absolute atomic E-state index is 0.0294. The van der Waals surface area contributed by atoms with Crippen molar-refractivity contribution in [2.24, 2.45) is 5.92 Å². The van der Waals surface area contributed by atoms with Gasteiger partial charge in [0.25, 0.3) is 5.91 Å². The fourth-order valence-electron chi connectivity index (χ4n) is 1.92. The van der Waals surface area contributed by atoms with Crippen LogP contribution in [0, 0.1) is 19.8 Å². The Morgan fingerprint density at radius 2 is 2.05 bits per heavy atom. The number of hydrogen-bond acceptors (Lipinski definition) is 3. The van der Waals surface area contributed by atoms with Crippen molar-refractivity contribution in [2.45, 2.75) is 33.6 Å².